The zero-order chi connectivity index (χ0) is 26.6. The third-order valence-electron chi connectivity index (χ3n) is 6.84. The van der Waals surface area contributed by atoms with Crippen molar-refractivity contribution in [2.75, 3.05) is 0 Å². The highest BCUT2D eigenvalue weighted by Crippen LogP contribution is 2.39. The molecule has 2 aromatic carbocycles. The van der Waals surface area contributed by atoms with E-state index in [-0.39, 0.29) is 23.2 Å². The van der Waals surface area contributed by atoms with Gasteiger partial charge in [0.2, 0.25) is 6.29 Å². The molecule has 11 nitrogen and oxygen atoms in total. The summed E-state index contributed by atoms with van der Waals surface area (Å²) in [5.41, 5.74) is 2.04. The molecule has 5 rings (SSSR count). The minimum absolute atomic E-state index is 0.0529. The predicted molar refractivity (Wildman–Crippen MR) is 135 cm³/mol. The van der Waals surface area contributed by atoms with Crippen molar-refractivity contribution in [3.05, 3.63) is 58.6 Å². The summed E-state index contributed by atoms with van der Waals surface area (Å²) in [5, 5.41) is 49.2. The minimum atomic E-state index is -1.56. The Hall–Kier alpha value is -3.64. The number of aromatic nitrogens is 4. The van der Waals surface area contributed by atoms with Crippen LogP contribution in [0.1, 0.15) is 32.3 Å². The number of nitrogens with zero attached hydrogens (tertiary/aromatic N) is 3. The summed E-state index contributed by atoms with van der Waals surface area (Å²) >= 11 is 0. The first-order chi connectivity index (χ1) is 17.6. The van der Waals surface area contributed by atoms with E-state index in [0.29, 0.717) is 16.8 Å². The van der Waals surface area contributed by atoms with Gasteiger partial charge in [-0.1, -0.05) is 13.8 Å². The number of aromatic hydroxyl groups is 1. The molecule has 4 aromatic rings. The van der Waals surface area contributed by atoms with Crippen LogP contribution in [0.5, 0.6) is 11.5 Å². The Morgan fingerprint density at radius 2 is 1.84 bits per heavy atom. The van der Waals surface area contributed by atoms with E-state index in [1.165, 1.54) is 10.6 Å². The van der Waals surface area contributed by atoms with Crippen LogP contribution < -0.4 is 10.4 Å². The second kappa shape index (κ2) is 9.34. The van der Waals surface area contributed by atoms with Gasteiger partial charge in [0, 0.05) is 30.2 Å². The highest BCUT2D eigenvalue weighted by molar-refractivity contribution is 5.82. The molecule has 5 atom stereocenters. The van der Waals surface area contributed by atoms with Gasteiger partial charge in [0.05, 0.1) is 17.4 Å². The van der Waals surface area contributed by atoms with Gasteiger partial charge in [-0.25, -0.2) is 14.5 Å². The van der Waals surface area contributed by atoms with Crippen LogP contribution in [-0.4, -0.2) is 70.5 Å². The summed E-state index contributed by atoms with van der Waals surface area (Å²) < 4.78 is 14.9. The van der Waals surface area contributed by atoms with Crippen molar-refractivity contribution in [1.82, 2.24) is 19.3 Å². The smallest absolute Gasteiger partial charge is 0.348 e. The summed E-state index contributed by atoms with van der Waals surface area (Å²) in [6, 6.07) is 10.6. The number of hydrogen-bond donors (Lipinski definition) is 5. The van der Waals surface area contributed by atoms with E-state index in [9.17, 15) is 25.2 Å². The van der Waals surface area contributed by atoms with Crippen molar-refractivity contribution in [2.24, 2.45) is 7.05 Å². The average Bonchev–Trinajstić information content (AvgIpc) is 3.43. The SMILES string of the molecule is CC(C)c1cc(-c2n[nH]c(=O)n2-c2ccc3c(ccn3C)c2)c(O[C@@H]2O[C@@H](C)[C@@H](O)[C@@H](O)[C@@H]2O)cc1O. The van der Waals surface area contributed by atoms with Crippen molar-refractivity contribution in [3.63, 3.8) is 0 Å². The Balaban J connectivity index is 1.64. The number of aliphatic hydroxyl groups excluding tert-OH is 3. The number of phenolic OH excluding ortho intramolecular Hbond substituents is 1. The number of H-pyrrole nitrogens is 1. The fraction of sp³-hybridized carbons (Fsp3) is 0.385. The Morgan fingerprint density at radius 3 is 2.57 bits per heavy atom. The van der Waals surface area contributed by atoms with E-state index in [1.807, 2.05) is 49.9 Å². The first kappa shape index (κ1) is 25.0. The molecule has 0 bridgehead atoms. The third kappa shape index (κ3) is 4.29. The molecule has 2 aromatic heterocycles. The largest absolute Gasteiger partial charge is 0.508 e. The van der Waals surface area contributed by atoms with Gasteiger partial charge >= 0.3 is 5.69 Å². The van der Waals surface area contributed by atoms with Crippen LogP contribution in [0.15, 0.2) is 47.4 Å². The van der Waals surface area contributed by atoms with Crippen molar-refractivity contribution in [1.29, 1.82) is 0 Å². The summed E-state index contributed by atoms with van der Waals surface area (Å²) in [6.45, 7) is 5.36. The van der Waals surface area contributed by atoms with Crippen LogP contribution in [0, 0.1) is 0 Å². The molecule has 37 heavy (non-hydrogen) atoms. The standard InChI is InChI=1S/C26H30N4O7/c1-12(2)16-10-17(20(11-19(16)31)37-25-23(34)22(33)21(32)13(3)36-25)24-27-28-26(35)30(24)15-5-6-18-14(9-15)7-8-29(18)4/h5-13,21-23,25,31-34H,1-4H3,(H,28,35)/t13-,21+,22+,23-,25-/m0/s1. The molecule has 1 aliphatic heterocycles. The molecule has 196 valence electrons. The summed E-state index contributed by atoms with van der Waals surface area (Å²) in [4.78, 5) is 12.9. The summed E-state index contributed by atoms with van der Waals surface area (Å²) in [5.74, 6) is 0.169. The molecule has 0 spiro atoms. The number of phenols is 1. The number of aromatic amines is 1. The van der Waals surface area contributed by atoms with Crippen molar-refractivity contribution < 1.29 is 29.9 Å². The second-order valence-corrected chi connectivity index (χ2v) is 9.72. The zero-order valence-corrected chi connectivity index (χ0v) is 20.9. The van der Waals surface area contributed by atoms with Gasteiger partial charge in [-0.05, 0) is 48.7 Å². The molecule has 1 fully saturated rings. The lowest BCUT2D eigenvalue weighted by Gasteiger charge is -2.39. The molecular weight excluding hydrogens is 480 g/mol. The lowest BCUT2D eigenvalue weighted by Crippen LogP contribution is -2.58. The van der Waals surface area contributed by atoms with Crippen LogP contribution in [-0.2, 0) is 11.8 Å². The maximum atomic E-state index is 12.9. The van der Waals surface area contributed by atoms with E-state index in [4.69, 9.17) is 9.47 Å². The van der Waals surface area contributed by atoms with Gasteiger partial charge in [-0.2, -0.15) is 5.10 Å². The van der Waals surface area contributed by atoms with E-state index in [2.05, 4.69) is 10.2 Å². The summed E-state index contributed by atoms with van der Waals surface area (Å²) in [7, 11) is 1.93. The van der Waals surface area contributed by atoms with E-state index in [1.54, 1.807) is 19.1 Å². The molecule has 5 N–H and O–H groups in total. The van der Waals surface area contributed by atoms with Gasteiger partial charge in [0.1, 0.15) is 29.8 Å². The highest BCUT2D eigenvalue weighted by Gasteiger charge is 2.43. The number of benzene rings is 2. The van der Waals surface area contributed by atoms with Crippen LogP contribution in [0.2, 0.25) is 0 Å². The quantitative estimate of drug-likeness (QED) is 0.272. The third-order valence-corrected chi connectivity index (χ3v) is 6.84. The van der Waals surface area contributed by atoms with Crippen molar-refractivity contribution >= 4 is 10.9 Å². The van der Waals surface area contributed by atoms with Crippen LogP contribution in [0.4, 0.5) is 0 Å². The molecule has 0 aliphatic carbocycles. The van der Waals surface area contributed by atoms with Crippen LogP contribution >= 0.6 is 0 Å². The molecule has 3 heterocycles. The lowest BCUT2D eigenvalue weighted by atomic mass is 9.98. The maximum Gasteiger partial charge on any atom is 0.348 e. The van der Waals surface area contributed by atoms with Gasteiger partial charge in [-0.3, -0.25) is 0 Å². The Bertz CT molecular complexity index is 1500. The van der Waals surface area contributed by atoms with Gasteiger partial charge in [0.15, 0.2) is 5.82 Å². The molecule has 11 heteroatoms. The number of aliphatic hydroxyl groups is 3. The monoisotopic (exact) mass is 510 g/mol. The van der Waals surface area contributed by atoms with E-state index >= 15 is 0 Å². The Morgan fingerprint density at radius 1 is 1.08 bits per heavy atom. The molecular formula is C26H30N4O7. The first-order valence-electron chi connectivity index (χ1n) is 12.0. The normalized spacial score (nSPS) is 24.2. The van der Waals surface area contributed by atoms with Crippen LogP contribution in [0.25, 0.3) is 28.0 Å². The predicted octanol–water partition coefficient (Wildman–Crippen LogP) is 1.75. The van der Waals surface area contributed by atoms with Crippen LogP contribution in [0.3, 0.4) is 0 Å². The van der Waals surface area contributed by atoms with Gasteiger partial charge < -0.3 is 34.5 Å². The molecule has 1 aliphatic rings. The fourth-order valence-corrected chi connectivity index (χ4v) is 4.68. The fourth-order valence-electron chi connectivity index (χ4n) is 4.68. The molecule has 0 unspecified atom stereocenters. The maximum absolute atomic E-state index is 12.9. The number of ether oxygens (including phenoxy) is 2. The van der Waals surface area contributed by atoms with E-state index < -0.39 is 36.4 Å². The summed E-state index contributed by atoms with van der Waals surface area (Å²) in [6.07, 6.45) is -4.60. The lowest BCUT2D eigenvalue weighted by molar-refractivity contribution is -0.268. The average molecular weight is 511 g/mol. The Kier molecular flexibility index (Phi) is 6.32. The number of fused-ring (bicyclic) bond motifs is 1. The van der Waals surface area contributed by atoms with Gasteiger partial charge in [-0.15, -0.1) is 0 Å². The molecule has 0 amide bonds. The Labute approximate surface area is 212 Å². The second-order valence-electron chi connectivity index (χ2n) is 9.72. The molecule has 0 saturated carbocycles. The van der Waals surface area contributed by atoms with E-state index in [0.717, 1.165) is 10.9 Å². The zero-order valence-electron chi connectivity index (χ0n) is 20.9. The molecule has 1 saturated heterocycles. The minimum Gasteiger partial charge on any atom is -0.508 e. The van der Waals surface area contributed by atoms with Gasteiger partial charge in [0.25, 0.3) is 0 Å². The number of aryl methyl sites for hydroxylation is 1. The molecule has 0 radical (unpaired) electrons. The van der Waals surface area contributed by atoms with Crippen molar-refractivity contribution in [2.45, 2.75) is 57.4 Å². The first-order valence-corrected chi connectivity index (χ1v) is 12.0. The number of rotatable bonds is 5. The number of hydrogen-bond acceptors (Lipinski definition) is 8. The topological polar surface area (TPSA) is 155 Å². The highest BCUT2D eigenvalue weighted by atomic mass is 16.7. The number of nitrogens with one attached hydrogen (secondary N) is 1. The van der Waals surface area contributed by atoms with Crippen molar-refractivity contribution in [3.8, 4) is 28.6 Å².